The van der Waals surface area contributed by atoms with Gasteiger partial charge < -0.3 is 11.1 Å². The molecule has 0 bridgehead atoms. The minimum absolute atomic E-state index is 0.0251. The predicted molar refractivity (Wildman–Crippen MR) is 146 cm³/mol. The van der Waals surface area contributed by atoms with Crippen molar-refractivity contribution in [3.05, 3.63) is 57.3 Å². The largest absolute Gasteiger partial charge is 0.368 e. The maximum atomic E-state index is 13.2. The molecule has 0 spiro atoms. The Morgan fingerprint density at radius 2 is 1.68 bits per heavy atom. The average Bonchev–Trinajstić information content (AvgIpc) is 2.84. The van der Waals surface area contributed by atoms with E-state index in [0.717, 1.165) is 10.9 Å². The highest BCUT2D eigenvalue weighted by atomic mass is 35.5. The number of carbonyl (C=O) groups excluding carboxylic acids is 1. The standard InChI is InChI=1S/C24H27Cl3N6O3S/c1-14(2)22(23(28)34)31-24-15-5-3-4-6-19(15)29-21(30-24)13-32-7-9-33(10-8-32)37(35,36)20-12-17(26)16(25)11-18(20)27/h3-6,11-12,14,22H,7-10,13H2,1-2H3,(H2,28,34)(H,29,30,31)/t22-/m0/s1. The molecule has 0 unspecified atom stereocenters. The Labute approximate surface area is 230 Å². The van der Waals surface area contributed by atoms with Gasteiger partial charge in [-0.05, 0) is 30.2 Å². The zero-order valence-corrected chi connectivity index (χ0v) is 23.4. The van der Waals surface area contributed by atoms with E-state index in [4.69, 9.17) is 45.5 Å². The monoisotopic (exact) mass is 584 g/mol. The highest BCUT2D eigenvalue weighted by Crippen LogP contribution is 2.33. The van der Waals surface area contributed by atoms with Crippen LogP contribution in [0.2, 0.25) is 15.1 Å². The molecule has 4 rings (SSSR count). The lowest BCUT2D eigenvalue weighted by Crippen LogP contribution is -2.48. The van der Waals surface area contributed by atoms with E-state index in [1.807, 2.05) is 38.1 Å². The lowest BCUT2D eigenvalue weighted by atomic mass is 10.0. The summed E-state index contributed by atoms with van der Waals surface area (Å²) in [7, 11) is -3.85. The summed E-state index contributed by atoms with van der Waals surface area (Å²) in [6, 6.07) is 9.55. The molecule has 0 aliphatic carbocycles. The molecule has 37 heavy (non-hydrogen) atoms. The number of para-hydroxylation sites is 1. The van der Waals surface area contributed by atoms with Gasteiger partial charge in [-0.25, -0.2) is 18.4 Å². The van der Waals surface area contributed by atoms with E-state index in [9.17, 15) is 13.2 Å². The third-order valence-electron chi connectivity index (χ3n) is 6.20. The molecular weight excluding hydrogens is 559 g/mol. The molecule has 2 heterocycles. The van der Waals surface area contributed by atoms with Crippen LogP contribution in [0, 0.1) is 5.92 Å². The first-order valence-corrected chi connectivity index (χ1v) is 14.2. The second-order valence-corrected chi connectivity index (χ2v) is 12.3. The smallest absolute Gasteiger partial charge is 0.244 e. The van der Waals surface area contributed by atoms with Crippen LogP contribution in [0.1, 0.15) is 19.7 Å². The van der Waals surface area contributed by atoms with E-state index in [2.05, 4.69) is 15.2 Å². The number of nitrogens with one attached hydrogen (secondary N) is 1. The Morgan fingerprint density at radius 3 is 2.32 bits per heavy atom. The van der Waals surface area contributed by atoms with Crippen molar-refractivity contribution < 1.29 is 13.2 Å². The summed E-state index contributed by atoms with van der Waals surface area (Å²) in [6.45, 7) is 5.67. The van der Waals surface area contributed by atoms with Gasteiger partial charge in [0.1, 0.15) is 22.6 Å². The number of nitrogens with zero attached hydrogens (tertiary/aromatic N) is 4. The molecule has 1 amide bonds. The van der Waals surface area contributed by atoms with E-state index in [1.165, 1.54) is 16.4 Å². The molecule has 0 saturated carbocycles. The predicted octanol–water partition coefficient (Wildman–Crippen LogP) is 4.02. The van der Waals surface area contributed by atoms with Gasteiger partial charge in [-0.1, -0.05) is 60.8 Å². The molecule has 0 radical (unpaired) electrons. The molecule has 3 N–H and O–H groups in total. The number of halogens is 3. The summed E-state index contributed by atoms with van der Waals surface area (Å²) in [5, 5.41) is 4.32. The number of fused-ring (bicyclic) bond motifs is 1. The summed E-state index contributed by atoms with van der Waals surface area (Å²) < 4.78 is 27.8. The molecule has 1 aliphatic rings. The molecule has 1 fully saturated rings. The van der Waals surface area contributed by atoms with Gasteiger partial charge in [-0.2, -0.15) is 4.31 Å². The fourth-order valence-electron chi connectivity index (χ4n) is 4.19. The van der Waals surface area contributed by atoms with Crippen molar-refractivity contribution in [3.63, 3.8) is 0 Å². The number of aromatic nitrogens is 2. The topological polar surface area (TPSA) is 122 Å². The normalized spacial score (nSPS) is 16.3. The number of primary amides is 1. The summed E-state index contributed by atoms with van der Waals surface area (Å²) in [6.07, 6.45) is 0. The minimum Gasteiger partial charge on any atom is -0.368 e. The summed E-state index contributed by atoms with van der Waals surface area (Å²) in [4.78, 5) is 23.4. The number of piperazine rings is 1. The van der Waals surface area contributed by atoms with Crippen LogP contribution in [-0.2, 0) is 21.4 Å². The number of benzene rings is 2. The van der Waals surface area contributed by atoms with Crippen molar-refractivity contribution in [2.75, 3.05) is 31.5 Å². The SMILES string of the molecule is CC(C)[C@H](Nc1nc(CN2CCN(S(=O)(=O)c3cc(Cl)c(Cl)cc3Cl)CC2)nc2ccccc12)C(N)=O. The van der Waals surface area contributed by atoms with Gasteiger partial charge in [0.15, 0.2) is 0 Å². The van der Waals surface area contributed by atoms with Crippen molar-refractivity contribution in [2.24, 2.45) is 11.7 Å². The van der Waals surface area contributed by atoms with Crippen LogP contribution in [-0.4, -0.2) is 65.7 Å². The minimum atomic E-state index is -3.85. The first-order valence-electron chi connectivity index (χ1n) is 11.7. The average molecular weight is 586 g/mol. The molecule has 1 aromatic heterocycles. The van der Waals surface area contributed by atoms with E-state index in [-0.39, 0.29) is 39.0 Å². The maximum absolute atomic E-state index is 13.2. The highest BCUT2D eigenvalue weighted by Gasteiger charge is 2.31. The number of amides is 1. The third-order valence-corrected chi connectivity index (χ3v) is 9.29. The van der Waals surface area contributed by atoms with Gasteiger partial charge >= 0.3 is 0 Å². The van der Waals surface area contributed by atoms with Gasteiger partial charge in [0.2, 0.25) is 15.9 Å². The first-order chi connectivity index (χ1) is 17.5. The fraction of sp³-hybridized carbons (Fsp3) is 0.375. The molecule has 9 nitrogen and oxygen atoms in total. The molecule has 1 aliphatic heterocycles. The van der Waals surface area contributed by atoms with Crippen LogP contribution < -0.4 is 11.1 Å². The Hall–Kier alpha value is -2.21. The summed E-state index contributed by atoms with van der Waals surface area (Å²) in [5.74, 6) is 0.595. The number of anilines is 1. The molecule has 3 aromatic rings. The quantitative estimate of drug-likeness (QED) is 0.383. The van der Waals surface area contributed by atoms with Crippen molar-refractivity contribution in [3.8, 4) is 0 Å². The second-order valence-electron chi connectivity index (χ2n) is 9.15. The van der Waals surface area contributed by atoms with Gasteiger partial charge in [-0.15, -0.1) is 0 Å². The van der Waals surface area contributed by atoms with E-state index >= 15 is 0 Å². The third kappa shape index (κ3) is 6.10. The number of carbonyl (C=O) groups is 1. The van der Waals surface area contributed by atoms with Crippen molar-refractivity contribution in [2.45, 2.75) is 31.3 Å². The van der Waals surface area contributed by atoms with Crippen LogP contribution in [0.3, 0.4) is 0 Å². The Kier molecular flexibility index (Phi) is 8.47. The number of rotatable bonds is 8. The van der Waals surface area contributed by atoms with Gasteiger partial charge in [0.25, 0.3) is 0 Å². The summed E-state index contributed by atoms with van der Waals surface area (Å²) >= 11 is 18.2. The zero-order chi connectivity index (χ0) is 26.9. The Balaban J connectivity index is 1.51. The number of sulfonamides is 1. The van der Waals surface area contributed by atoms with E-state index in [1.54, 1.807) is 0 Å². The van der Waals surface area contributed by atoms with Crippen LogP contribution in [0.4, 0.5) is 5.82 Å². The highest BCUT2D eigenvalue weighted by molar-refractivity contribution is 7.89. The maximum Gasteiger partial charge on any atom is 0.244 e. The lowest BCUT2D eigenvalue weighted by Gasteiger charge is -2.33. The lowest BCUT2D eigenvalue weighted by molar-refractivity contribution is -0.119. The molecule has 1 saturated heterocycles. The Morgan fingerprint density at radius 1 is 1.03 bits per heavy atom. The van der Waals surface area contributed by atoms with Crippen molar-refractivity contribution in [1.82, 2.24) is 19.2 Å². The molecule has 1 atom stereocenters. The van der Waals surface area contributed by atoms with Gasteiger partial charge in [-0.3, -0.25) is 9.69 Å². The van der Waals surface area contributed by atoms with E-state index in [0.29, 0.717) is 31.3 Å². The van der Waals surface area contributed by atoms with Crippen molar-refractivity contribution in [1.29, 1.82) is 0 Å². The molecule has 198 valence electrons. The van der Waals surface area contributed by atoms with Crippen LogP contribution in [0.15, 0.2) is 41.3 Å². The number of hydrogen-bond acceptors (Lipinski definition) is 7. The summed E-state index contributed by atoms with van der Waals surface area (Å²) in [5.41, 5.74) is 6.34. The molecule has 13 heteroatoms. The van der Waals surface area contributed by atoms with Crippen LogP contribution in [0.25, 0.3) is 10.9 Å². The second kappa shape index (κ2) is 11.3. The number of hydrogen-bond donors (Lipinski definition) is 2. The van der Waals surface area contributed by atoms with Gasteiger partial charge in [0, 0.05) is 31.6 Å². The van der Waals surface area contributed by atoms with Crippen LogP contribution >= 0.6 is 34.8 Å². The molecular formula is C24H27Cl3N6O3S. The van der Waals surface area contributed by atoms with Crippen LogP contribution in [0.5, 0.6) is 0 Å². The molecule has 2 aromatic carbocycles. The van der Waals surface area contributed by atoms with Crippen molar-refractivity contribution >= 4 is 67.5 Å². The zero-order valence-electron chi connectivity index (χ0n) is 20.3. The fourth-order valence-corrected chi connectivity index (χ4v) is 6.59. The van der Waals surface area contributed by atoms with Gasteiger partial charge in [0.05, 0.1) is 27.1 Å². The Bertz CT molecular complexity index is 1430. The first kappa shape index (κ1) is 27.8. The van der Waals surface area contributed by atoms with E-state index < -0.39 is 22.0 Å². The number of nitrogens with two attached hydrogens (primary N) is 1.